The van der Waals surface area contributed by atoms with E-state index >= 15 is 0 Å². The highest BCUT2D eigenvalue weighted by Crippen LogP contribution is 2.21. The molecule has 1 N–H and O–H groups in total. The van der Waals surface area contributed by atoms with Crippen molar-refractivity contribution >= 4 is 27.4 Å². The van der Waals surface area contributed by atoms with E-state index in [0.717, 1.165) is 16.9 Å². The largest absolute Gasteiger partial charge is 0.354 e. The average molecular weight is 451 g/mol. The molecular formula is C24H26N4O3S. The number of aromatic nitrogens is 1. The van der Waals surface area contributed by atoms with Crippen LogP contribution in [0.2, 0.25) is 0 Å². The fraction of sp³-hybridized carbons (Fsp3) is 0.250. The number of aryl methyl sites for hydroxylation is 2. The number of rotatable bonds is 5. The molecule has 2 heterocycles. The van der Waals surface area contributed by atoms with Crippen LogP contribution in [0.15, 0.2) is 71.8 Å². The Kier molecular flexibility index (Phi) is 6.25. The molecule has 0 bridgehead atoms. The number of sulfonamides is 1. The molecule has 166 valence electrons. The van der Waals surface area contributed by atoms with Crippen molar-refractivity contribution in [2.75, 3.05) is 36.4 Å². The summed E-state index contributed by atoms with van der Waals surface area (Å²) in [6.45, 7) is 5.76. The highest BCUT2D eigenvalue weighted by Gasteiger charge is 2.28. The van der Waals surface area contributed by atoms with E-state index < -0.39 is 10.0 Å². The smallest absolute Gasteiger partial charge is 0.255 e. The fourth-order valence-corrected chi connectivity index (χ4v) is 5.08. The molecular weight excluding hydrogens is 424 g/mol. The Balaban J connectivity index is 1.37. The minimum Gasteiger partial charge on any atom is -0.354 e. The van der Waals surface area contributed by atoms with E-state index in [1.807, 2.05) is 61.2 Å². The molecule has 1 saturated heterocycles. The number of hydrogen-bond donors (Lipinski definition) is 1. The summed E-state index contributed by atoms with van der Waals surface area (Å²) < 4.78 is 27.3. The normalized spacial score (nSPS) is 14.9. The van der Waals surface area contributed by atoms with Crippen molar-refractivity contribution in [3.05, 3.63) is 83.6 Å². The molecule has 1 amide bonds. The lowest BCUT2D eigenvalue weighted by Crippen LogP contribution is -2.48. The van der Waals surface area contributed by atoms with Crippen LogP contribution in [-0.2, 0) is 10.0 Å². The summed E-state index contributed by atoms with van der Waals surface area (Å²) >= 11 is 0. The predicted molar refractivity (Wildman–Crippen MR) is 126 cm³/mol. The molecule has 4 rings (SSSR count). The van der Waals surface area contributed by atoms with E-state index in [4.69, 9.17) is 0 Å². The molecule has 1 aliphatic rings. The van der Waals surface area contributed by atoms with Gasteiger partial charge in [0.05, 0.1) is 16.8 Å². The number of amides is 1. The van der Waals surface area contributed by atoms with Crippen LogP contribution >= 0.6 is 0 Å². The van der Waals surface area contributed by atoms with Gasteiger partial charge in [-0.2, -0.15) is 4.31 Å². The summed E-state index contributed by atoms with van der Waals surface area (Å²) in [6, 6.07) is 18.0. The number of nitrogens with one attached hydrogen (secondary N) is 1. The maximum absolute atomic E-state index is 12.9. The van der Waals surface area contributed by atoms with Crippen molar-refractivity contribution < 1.29 is 13.2 Å². The SMILES string of the molecule is Cc1ccc(S(=O)(=O)N2CCN(c3ccc(NC(=O)c4cccc(C)c4)cn3)CC2)cc1. The Bertz CT molecular complexity index is 1200. The molecule has 1 aliphatic heterocycles. The predicted octanol–water partition coefficient (Wildman–Crippen LogP) is 3.46. The summed E-state index contributed by atoms with van der Waals surface area (Å²) in [5.74, 6) is 0.573. The van der Waals surface area contributed by atoms with Crippen LogP contribution in [0.25, 0.3) is 0 Å². The topological polar surface area (TPSA) is 82.6 Å². The number of benzene rings is 2. The average Bonchev–Trinajstić information content (AvgIpc) is 2.80. The van der Waals surface area contributed by atoms with Gasteiger partial charge in [-0.1, -0.05) is 35.4 Å². The van der Waals surface area contributed by atoms with E-state index in [1.54, 1.807) is 24.4 Å². The third-order valence-corrected chi connectivity index (χ3v) is 7.42. The van der Waals surface area contributed by atoms with Crippen molar-refractivity contribution in [1.82, 2.24) is 9.29 Å². The molecule has 3 aromatic rings. The van der Waals surface area contributed by atoms with Crippen LogP contribution in [0.4, 0.5) is 11.5 Å². The number of pyridine rings is 1. The van der Waals surface area contributed by atoms with Crippen LogP contribution < -0.4 is 10.2 Å². The van der Waals surface area contributed by atoms with Gasteiger partial charge in [0.25, 0.3) is 5.91 Å². The zero-order valence-corrected chi connectivity index (χ0v) is 19.0. The van der Waals surface area contributed by atoms with Gasteiger partial charge < -0.3 is 10.2 Å². The maximum Gasteiger partial charge on any atom is 0.255 e. The van der Waals surface area contributed by atoms with Gasteiger partial charge in [-0.15, -0.1) is 0 Å². The van der Waals surface area contributed by atoms with Gasteiger partial charge in [0.1, 0.15) is 5.82 Å². The van der Waals surface area contributed by atoms with Crippen molar-refractivity contribution in [3.63, 3.8) is 0 Å². The van der Waals surface area contributed by atoms with Crippen LogP contribution in [-0.4, -0.2) is 49.8 Å². The molecule has 0 saturated carbocycles. The van der Waals surface area contributed by atoms with Gasteiger partial charge in [0, 0.05) is 31.7 Å². The number of nitrogens with zero attached hydrogens (tertiary/aromatic N) is 3. The van der Waals surface area contributed by atoms with Gasteiger partial charge in [-0.05, 0) is 50.2 Å². The van der Waals surface area contributed by atoms with Gasteiger partial charge in [0.2, 0.25) is 10.0 Å². The molecule has 32 heavy (non-hydrogen) atoms. The van der Waals surface area contributed by atoms with Crippen LogP contribution in [0, 0.1) is 13.8 Å². The van der Waals surface area contributed by atoms with Crippen LogP contribution in [0.1, 0.15) is 21.5 Å². The zero-order chi connectivity index (χ0) is 22.7. The molecule has 1 fully saturated rings. The van der Waals surface area contributed by atoms with Crippen LogP contribution in [0.3, 0.4) is 0 Å². The monoisotopic (exact) mass is 450 g/mol. The molecule has 0 unspecified atom stereocenters. The van der Waals surface area contributed by atoms with Crippen molar-refractivity contribution in [1.29, 1.82) is 0 Å². The maximum atomic E-state index is 12.9. The van der Waals surface area contributed by atoms with E-state index in [1.165, 1.54) is 4.31 Å². The second-order valence-corrected chi connectivity index (χ2v) is 9.87. The van der Waals surface area contributed by atoms with Crippen molar-refractivity contribution in [2.45, 2.75) is 18.7 Å². The molecule has 0 spiro atoms. The molecule has 0 atom stereocenters. The lowest BCUT2D eigenvalue weighted by molar-refractivity contribution is 0.102. The lowest BCUT2D eigenvalue weighted by Gasteiger charge is -2.34. The number of piperazine rings is 1. The molecule has 1 aromatic heterocycles. The molecule has 7 nitrogen and oxygen atoms in total. The summed E-state index contributed by atoms with van der Waals surface area (Å²) in [5, 5.41) is 2.86. The van der Waals surface area contributed by atoms with Gasteiger partial charge in [-0.3, -0.25) is 4.79 Å². The standard InChI is InChI=1S/C24H26N4O3S/c1-18-6-9-22(10-7-18)32(30,31)28-14-12-27(13-15-28)23-11-8-21(17-25-23)26-24(29)20-5-3-4-19(2)16-20/h3-11,16-17H,12-15H2,1-2H3,(H,26,29). The number of carbonyl (C=O) groups excluding carboxylic acids is 1. The molecule has 0 radical (unpaired) electrons. The Morgan fingerprint density at radius 3 is 2.25 bits per heavy atom. The van der Waals surface area contributed by atoms with Gasteiger partial charge in [-0.25, -0.2) is 13.4 Å². The zero-order valence-electron chi connectivity index (χ0n) is 18.2. The second kappa shape index (κ2) is 9.10. The lowest BCUT2D eigenvalue weighted by atomic mass is 10.1. The Morgan fingerprint density at radius 1 is 0.906 bits per heavy atom. The Morgan fingerprint density at radius 2 is 1.62 bits per heavy atom. The fourth-order valence-electron chi connectivity index (χ4n) is 3.65. The molecule has 8 heteroatoms. The summed E-state index contributed by atoms with van der Waals surface area (Å²) in [4.78, 5) is 19.2. The first-order valence-corrected chi connectivity index (χ1v) is 11.9. The summed E-state index contributed by atoms with van der Waals surface area (Å²) in [6.07, 6.45) is 1.62. The van der Waals surface area contributed by atoms with Crippen LogP contribution in [0.5, 0.6) is 0 Å². The third kappa shape index (κ3) is 4.81. The first-order chi connectivity index (χ1) is 15.3. The van der Waals surface area contributed by atoms with Crippen molar-refractivity contribution in [2.24, 2.45) is 0 Å². The van der Waals surface area contributed by atoms with E-state index in [0.29, 0.717) is 42.3 Å². The van der Waals surface area contributed by atoms with E-state index in [9.17, 15) is 13.2 Å². The summed E-state index contributed by atoms with van der Waals surface area (Å²) in [7, 11) is -3.50. The highest BCUT2D eigenvalue weighted by molar-refractivity contribution is 7.89. The minimum absolute atomic E-state index is 0.182. The van der Waals surface area contributed by atoms with Gasteiger partial charge in [0.15, 0.2) is 0 Å². The minimum atomic E-state index is -3.50. The summed E-state index contributed by atoms with van der Waals surface area (Å²) in [5.41, 5.74) is 3.26. The Labute approximate surface area is 188 Å². The first kappa shape index (κ1) is 22.0. The molecule has 2 aromatic carbocycles. The van der Waals surface area contributed by atoms with E-state index in [2.05, 4.69) is 10.3 Å². The van der Waals surface area contributed by atoms with Gasteiger partial charge >= 0.3 is 0 Å². The van der Waals surface area contributed by atoms with Crippen molar-refractivity contribution in [3.8, 4) is 0 Å². The second-order valence-electron chi connectivity index (χ2n) is 7.93. The van der Waals surface area contributed by atoms with E-state index in [-0.39, 0.29) is 5.91 Å². The quantitative estimate of drug-likeness (QED) is 0.644. The molecule has 0 aliphatic carbocycles. The number of anilines is 2. The highest BCUT2D eigenvalue weighted by atomic mass is 32.2. The first-order valence-electron chi connectivity index (χ1n) is 10.5. The number of carbonyl (C=O) groups is 1. The number of hydrogen-bond acceptors (Lipinski definition) is 5. The Hall–Kier alpha value is -3.23. The third-order valence-electron chi connectivity index (χ3n) is 5.51.